The largest absolute Gasteiger partial charge is 0.492 e. The Kier molecular flexibility index (Phi) is 5.40. The van der Waals surface area contributed by atoms with Crippen LogP contribution in [0.25, 0.3) is 10.6 Å². The Morgan fingerprint density at radius 1 is 1.29 bits per heavy atom. The van der Waals surface area contributed by atoms with Gasteiger partial charge in [-0.3, -0.25) is 5.14 Å². The van der Waals surface area contributed by atoms with Crippen LogP contribution in [0.3, 0.4) is 0 Å². The minimum Gasteiger partial charge on any atom is -0.492 e. The van der Waals surface area contributed by atoms with E-state index < -0.39 is 0 Å². The number of benzene rings is 1. The molecule has 3 rings (SSSR count). The van der Waals surface area contributed by atoms with Crippen LogP contribution in [0.5, 0.6) is 5.75 Å². The summed E-state index contributed by atoms with van der Waals surface area (Å²) in [7, 11) is 0. The van der Waals surface area contributed by atoms with E-state index in [9.17, 15) is 0 Å². The molecule has 0 saturated heterocycles. The van der Waals surface area contributed by atoms with Crippen molar-refractivity contribution in [1.29, 1.82) is 0 Å². The highest BCUT2D eigenvalue weighted by molar-refractivity contribution is 7.97. The Morgan fingerprint density at radius 2 is 2.12 bits per heavy atom. The maximum absolute atomic E-state index is 5.68. The lowest BCUT2D eigenvalue weighted by Crippen LogP contribution is -1.98. The van der Waals surface area contributed by atoms with Crippen LogP contribution in [-0.2, 0) is 0 Å². The van der Waals surface area contributed by atoms with E-state index in [0.29, 0.717) is 6.61 Å². The first kappa shape index (κ1) is 17.2. The van der Waals surface area contributed by atoms with E-state index >= 15 is 0 Å². The van der Waals surface area contributed by atoms with E-state index in [2.05, 4.69) is 10.3 Å². The molecule has 24 heavy (non-hydrogen) atoms. The summed E-state index contributed by atoms with van der Waals surface area (Å²) in [6.45, 7) is 6.59. The number of aryl methyl sites for hydroxylation is 2. The molecule has 2 heterocycles. The Morgan fingerprint density at radius 3 is 2.79 bits per heavy atom. The SMILES string of the molecule is CCOc1ccc(SN)cc1Nc1nc(-c2sc(C)nc2C)cs1. The van der Waals surface area contributed by atoms with Gasteiger partial charge in [0.05, 0.1) is 33.6 Å². The zero-order chi connectivity index (χ0) is 17.1. The van der Waals surface area contributed by atoms with E-state index in [1.807, 2.05) is 44.4 Å². The molecule has 0 fully saturated rings. The molecule has 8 heteroatoms. The van der Waals surface area contributed by atoms with Gasteiger partial charge in [0.2, 0.25) is 0 Å². The highest BCUT2D eigenvalue weighted by atomic mass is 32.2. The first-order valence-electron chi connectivity index (χ1n) is 7.41. The number of ether oxygens (including phenoxy) is 1. The fourth-order valence-corrected chi connectivity index (χ4v) is 4.28. The van der Waals surface area contributed by atoms with Gasteiger partial charge in [-0.2, -0.15) is 0 Å². The molecule has 0 bridgehead atoms. The van der Waals surface area contributed by atoms with Crippen molar-refractivity contribution >= 4 is 45.4 Å². The third-order valence-corrected chi connectivity index (χ3v) is 5.65. The molecule has 0 atom stereocenters. The first-order valence-corrected chi connectivity index (χ1v) is 9.98. The number of nitrogens with two attached hydrogens (primary N) is 1. The summed E-state index contributed by atoms with van der Waals surface area (Å²) in [5.41, 5.74) is 2.84. The predicted octanol–water partition coefficient (Wildman–Crippen LogP) is 4.99. The summed E-state index contributed by atoms with van der Waals surface area (Å²) in [4.78, 5) is 11.2. The lowest BCUT2D eigenvalue weighted by atomic mass is 10.3. The van der Waals surface area contributed by atoms with Crippen LogP contribution in [0.4, 0.5) is 10.8 Å². The molecule has 0 aliphatic rings. The molecule has 0 saturated carbocycles. The zero-order valence-electron chi connectivity index (χ0n) is 13.6. The van der Waals surface area contributed by atoms with Crippen molar-refractivity contribution in [3.63, 3.8) is 0 Å². The smallest absolute Gasteiger partial charge is 0.187 e. The van der Waals surface area contributed by atoms with Gasteiger partial charge in [0.25, 0.3) is 0 Å². The fourth-order valence-electron chi connectivity index (χ4n) is 2.28. The van der Waals surface area contributed by atoms with Crippen molar-refractivity contribution in [2.45, 2.75) is 25.7 Å². The van der Waals surface area contributed by atoms with Crippen molar-refractivity contribution in [1.82, 2.24) is 9.97 Å². The quantitative estimate of drug-likeness (QED) is 0.589. The summed E-state index contributed by atoms with van der Waals surface area (Å²) in [6.07, 6.45) is 0. The Hall–Kier alpha value is -1.61. The van der Waals surface area contributed by atoms with E-state index in [1.54, 1.807) is 22.7 Å². The minimum absolute atomic E-state index is 0.603. The van der Waals surface area contributed by atoms with Gasteiger partial charge in [0.15, 0.2) is 5.13 Å². The van der Waals surface area contributed by atoms with Crippen molar-refractivity contribution in [3.8, 4) is 16.3 Å². The summed E-state index contributed by atoms with van der Waals surface area (Å²) >= 11 is 4.43. The molecule has 0 aliphatic heterocycles. The average Bonchev–Trinajstić information content (AvgIpc) is 3.15. The molecule has 1 aromatic carbocycles. The van der Waals surface area contributed by atoms with Crippen LogP contribution in [0, 0.1) is 13.8 Å². The van der Waals surface area contributed by atoms with E-state index in [1.165, 1.54) is 11.9 Å². The lowest BCUT2D eigenvalue weighted by molar-refractivity contribution is 0.342. The summed E-state index contributed by atoms with van der Waals surface area (Å²) in [5, 5.41) is 12.9. The molecule has 0 unspecified atom stereocenters. The molecule has 0 amide bonds. The highest BCUT2D eigenvalue weighted by Gasteiger charge is 2.13. The highest BCUT2D eigenvalue weighted by Crippen LogP contribution is 2.35. The molecule has 3 N–H and O–H groups in total. The number of thiazole rings is 2. The standard InChI is InChI=1S/C16H18N4OS3/c1-4-21-14-6-5-11(24-17)7-12(14)19-16-20-13(8-22-16)15-9(2)18-10(3)23-15/h5-8H,4,17H2,1-3H3,(H,19,20). The number of nitrogens with zero attached hydrogens (tertiary/aromatic N) is 2. The number of anilines is 2. The molecular weight excluding hydrogens is 360 g/mol. The molecule has 2 aromatic heterocycles. The number of nitrogens with one attached hydrogen (secondary N) is 1. The molecule has 5 nitrogen and oxygen atoms in total. The van der Waals surface area contributed by atoms with Crippen LogP contribution in [0.15, 0.2) is 28.5 Å². The van der Waals surface area contributed by atoms with E-state index in [0.717, 1.165) is 42.7 Å². The Bertz CT molecular complexity index is 844. The van der Waals surface area contributed by atoms with Gasteiger partial charge in [-0.05, 0) is 50.9 Å². The lowest BCUT2D eigenvalue weighted by Gasteiger charge is -2.11. The second kappa shape index (κ2) is 7.52. The molecule has 0 aliphatic carbocycles. The number of rotatable bonds is 6. The van der Waals surface area contributed by atoms with Crippen LogP contribution in [0.2, 0.25) is 0 Å². The second-order valence-corrected chi connectivity index (χ2v) is 7.79. The molecule has 0 spiro atoms. The first-order chi connectivity index (χ1) is 11.6. The number of hydrogen-bond donors (Lipinski definition) is 2. The van der Waals surface area contributed by atoms with E-state index in [-0.39, 0.29) is 0 Å². The summed E-state index contributed by atoms with van der Waals surface area (Å²) < 4.78 is 5.68. The predicted molar refractivity (Wildman–Crippen MR) is 104 cm³/mol. The van der Waals surface area contributed by atoms with Crippen molar-refractivity contribution < 1.29 is 4.74 Å². The average molecular weight is 379 g/mol. The van der Waals surface area contributed by atoms with Gasteiger partial charge in [-0.15, -0.1) is 22.7 Å². The summed E-state index contributed by atoms with van der Waals surface area (Å²) in [5.74, 6) is 0.789. The Balaban J connectivity index is 1.88. The maximum atomic E-state index is 5.68. The van der Waals surface area contributed by atoms with Crippen LogP contribution < -0.4 is 15.2 Å². The van der Waals surface area contributed by atoms with Gasteiger partial charge in [-0.1, -0.05) is 0 Å². The van der Waals surface area contributed by atoms with Gasteiger partial charge in [0.1, 0.15) is 5.75 Å². The monoisotopic (exact) mass is 378 g/mol. The van der Waals surface area contributed by atoms with Gasteiger partial charge < -0.3 is 10.1 Å². The normalized spacial score (nSPS) is 10.8. The number of hydrogen-bond acceptors (Lipinski definition) is 8. The van der Waals surface area contributed by atoms with E-state index in [4.69, 9.17) is 14.9 Å². The van der Waals surface area contributed by atoms with Crippen molar-refractivity contribution in [2.75, 3.05) is 11.9 Å². The summed E-state index contributed by atoms with van der Waals surface area (Å²) in [6, 6.07) is 5.84. The third kappa shape index (κ3) is 3.72. The second-order valence-electron chi connectivity index (χ2n) is 5.02. The molecule has 0 radical (unpaired) electrons. The Labute approximate surface area is 153 Å². The molecule has 126 valence electrons. The zero-order valence-corrected chi connectivity index (χ0v) is 16.1. The minimum atomic E-state index is 0.603. The molecular formula is C16H18N4OS3. The van der Waals surface area contributed by atoms with Gasteiger partial charge in [0, 0.05) is 10.3 Å². The maximum Gasteiger partial charge on any atom is 0.187 e. The van der Waals surface area contributed by atoms with Crippen LogP contribution in [-0.4, -0.2) is 16.6 Å². The third-order valence-electron chi connectivity index (χ3n) is 3.27. The van der Waals surface area contributed by atoms with Gasteiger partial charge in [-0.25, -0.2) is 9.97 Å². The van der Waals surface area contributed by atoms with Crippen LogP contribution in [0.1, 0.15) is 17.6 Å². The van der Waals surface area contributed by atoms with Crippen molar-refractivity contribution in [2.24, 2.45) is 5.14 Å². The number of aromatic nitrogens is 2. The topological polar surface area (TPSA) is 73.1 Å². The van der Waals surface area contributed by atoms with Crippen molar-refractivity contribution in [3.05, 3.63) is 34.3 Å². The van der Waals surface area contributed by atoms with Crippen LogP contribution >= 0.6 is 34.6 Å². The van der Waals surface area contributed by atoms with Gasteiger partial charge >= 0.3 is 0 Å². The molecule has 3 aromatic rings. The fraction of sp³-hybridized carbons (Fsp3) is 0.250.